The second-order valence-electron chi connectivity index (χ2n) is 6.12. The monoisotopic (exact) mass is 367 g/mol. The van der Waals surface area contributed by atoms with Crippen molar-refractivity contribution in [2.24, 2.45) is 0 Å². The summed E-state index contributed by atoms with van der Waals surface area (Å²) >= 11 is 0. The first-order chi connectivity index (χ1) is 13.1. The lowest BCUT2D eigenvalue weighted by atomic mass is 10.1. The molecule has 0 saturated heterocycles. The van der Waals surface area contributed by atoms with Gasteiger partial charge in [-0.25, -0.2) is 9.07 Å². The Labute approximate surface area is 157 Å². The molecule has 0 radical (unpaired) electrons. The highest BCUT2D eigenvalue weighted by Crippen LogP contribution is 2.22. The van der Waals surface area contributed by atoms with Gasteiger partial charge in [-0.1, -0.05) is 26.0 Å². The van der Waals surface area contributed by atoms with E-state index < -0.39 is 0 Å². The van der Waals surface area contributed by atoms with E-state index in [9.17, 15) is 9.18 Å². The maximum atomic E-state index is 13.2. The number of benzene rings is 2. The molecule has 0 bridgehead atoms. The third-order valence-corrected chi connectivity index (χ3v) is 4.07. The quantitative estimate of drug-likeness (QED) is 0.663. The van der Waals surface area contributed by atoms with Crippen LogP contribution in [0.5, 0.6) is 5.75 Å². The maximum absolute atomic E-state index is 13.2. The average molecular weight is 367 g/mol. The van der Waals surface area contributed by atoms with Gasteiger partial charge in [0, 0.05) is 5.69 Å². The largest absolute Gasteiger partial charge is 0.489 e. The van der Waals surface area contributed by atoms with Crippen LogP contribution in [0.25, 0.3) is 5.69 Å². The van der Waals surface area contributed by atoms with Crippen molar-refractivity contribution in [1.82, 2.24) is 9.78 Å². The van der Waals surface area contributed by atoms with Crippen LogP contribution in [-0.2, 0) is 6.42 Å². The van der Waals surface area contributed by atoms with Gasteiger partial charge in [0.25, 0.3) is 5.91 Å². The Kier molecular flexibility index (Phi) is 5.86. The molecule has 0 aliphatic carbocycles. The van der Waals surface area contributed by atoms with Crippen molar-refractivity contribution in [2.75, 3.05) is 11.9 Å². The van der Waals surface area contributed by atoms with Crippen LogP contribution in [0, 0.1) is 5.82 Å². The number of halogens is 1. The van der Waals surface area contributed by atoms with Crippen LogP contribution < -0.4 is 10.1 Å². The predicted octanol–water partition coefficient (Wildman–Crippen LogP) is 4.61. The van der Waals surface area contributed by atoms with Gasteiger partial charge in [-0.05, 0) is 54.8 Å². The fourth-order valence-corrected chi connectivity index (χ4v) is 2.57. The smallest absolute Gasteiger partial charge is 0.280 e. The number of hydrogen-bond donors (Lipinski definition) is 1. The molecule has 2 aromatic carbocycles. The van der Waals surface area contributed by atoms with E-state index in [1.165, 1.54) is 22.4 Å². The van der Waals surface area contributed by atoms with Gasteiger partial charge in [0.1, 0.15) is 5.82 Å². The standard InChI is InChI=1S/C21H22FN3O2/c1-3-13-27-19-14-25(18-11-7-16(22)8-12-18)24-20(19)21(26)23-17-9-5-15(4-2)6-10-17/h5-12,14H,3-4,13H2,1-2H3,(H,23,26). The zero-order valence-corrected chi connectivity index (χ0v) is 15.4. The molecule has 3 rings (SSSR count). The molecular formula is C21H22FN3O2. The van der Waals surface area contributed by atoms with Crippen molar-refractivity contribution < 1.29 is 13.9 Å². The van der Waals surface area contributed by atoms with Crippen LogP contribution in [0.1, 0.15) is 36.3 Å². The summed E-state index contributed by atoms with van der Waals surface area (Å²) < 4.78 is 20.4. The van der Waals surface area contributed by atoms with Crippen molar-refractivity contribution >= 4 is 11.6 Å². The van der Waals surface area contributed by atoms with Gasteiger partial charge in [0.15, 0.2) is 11.4 Å². The first-order valence-electron chi connectivity index (χ1n) is 8.99. The molecule has 0 saturated carbocycles. The van der Waals surface area contributed by atoms with Crippen LogP contribution in [0.2, 0.25) is 0 Å². The van der Waals surface area contributed by atoms with E-state index in [4.69, 9.17) is 4.74 Å². The summed E-state index contributed by atoms with van der Waals surface area (Å²) in [6.07, 6.45) is 3.38. The minimum atomic E-state index is -0.355. The number of hydrogen-bond acceptors (Lipinski definition) is 3. The van der Waals surface area contributed by atoms with Crippen molar-refractivity contribution in [3.05, 3.63) is 71.8 Å². The number of rotatable bonds is 7. The van der Waals surface area contributed by atoms with Gasteiger partial charge in [0.2, 0.25) is 0 Å². The van der Waals surface area contributed by atoms with Gasteiger partial charge >= 0.3 is 0 Å². The van der Waals surface area contributed by atoms with Gasteiger partial charge in [0.05, 0.1) is 18.5 Å². The molecule has 0 spiro atoms. The molecule has 1 amide bonds. The van der Waals surface area contributed by atoms with E-state index in [-0.39, 0.29) is 17.4 Å². The summed E-state index contributed by atoms with van der Waals surface area (Å²) in [5.74, 6) is -0.295. The van der Waals surface area contributed by atoms with E-state index in [0.717, 1.165) is 12.8 Å². The topological polar surface area (TPSA) is 56.2 Å². The molecule has 0 fully saturated rings. The molecule has 3 aromatic rings. The molecule has 6 heteroatoms. The molecule has 0 atom stereocenters. The second-order valence-corrected chi connectivity index (χ2v) is 6.12. The van der Waals surface area contributed by atoms with Crippen molar-refractivity contribution in [2.45, 2.75) is 26.7 Å². The van der Waals surface area contributed by atoms with E-state index in [1.54, 1.807) is 18.3 Å². The maximum Gasteiger partial charge on any atom is 0.280 e. The summed E-state index contributed by atoms with van der Waals surface area (Å²) in [5, 5.41) is 7.20. The summed E-state index contributed by atoms with van der Waals surface area (Å²) in [7, 11) is 0. The number of carbonyl (C=O) groups excluding carboxylic acids is 1. The molecular weight excluding hydrogens is 345 g/mol. The highest BCUT2D eigenvalue weighted by molar-refractivity contribution is 6.04. The van der Waals surface area contributed by atoms with Gasteiger partial charge in [-0.15, -0.1) is 0 Å². The zero-order chi connectivity index (χ0) is 19.2. The minimum absolute atomic E-state index is 0.187. The second kappa shape index (κ2) is 8.49. The van der Waals surface area contributed by atoms with Gasteiger partial charge in [-0.3, -0.25) is 4.79 Å². The molecule has 27 heavy (non-hydrogen) atoms. The third-order valence-electron chi connectivity index (χ3n) is 4.07. The number of nitrogens with zero attached hydrogens (tertiary/aromatic N) is 2. The SMILES string of the molecule is CCCOc1cn(-c2ccc(F)cc2)nc1C(=O)Nc1ccc(CC)cc1. The van der Waals surface area contributed by atoms with Gasteiger partial charge < -0.3 is 10.1 Å². The number of aromatic nitrogens is 2. The molecule has 1 N–H and O–H groups in total. The molecule has 5 nitrogen and oxygen atoms in total. The van der Waals surface area contributed by atoms with Crippen LogP contribution in [0.15, 0.2) is 54.7 Å². The first-order valence-corrected chi connectivity index (χ1v) is 8.99. The molecule has 0 aliphatic heterocycles. The fourth-order valence-electron chi connectivity index (χ4n) is 2.57. The lowest BCUT2D eigenvalue weighted by molar-refractivity contribution is 0.101. The molecule has 0 aliphatic rings. The highest BCUT2D eigenvalue weighted by atomic mass is 19.1. The Hall–Kier alpha value is -3.15. The van der Waals surface area contributed by atoms with Gasteiger partial charge in [-0.2, -0.15) is 5.10 Å². The number of anilines is 1. The number of amides is 1. The summed E-state index contributed by atoms with van der Waals surface area (Å²) in [6.45, 7) is 4.53. The molecule has 1 heterocycles. The Balaban J connectivity index is 1.86. The minimum Gasteiger partial charge on any atom is -0.489 e. The number of nitrogens with one attached hydrogen (secondary N) is 1. The third kappa shape index (κ3) is 4.53. The van der Waals surface area contributed by atoms with Crippen molar-refractivity contribution in [1.29, 1.82) is 0 Å². The zero-order valence-electron chi connectivity index (χ0n) is 15.4. The van der Waals surface area contributed by atoms with Crippen LogP contribution in [-0.4, -0.2) is 22.3 Å². The molecule has 140 valence electrons. The summed E-state index contributed by atoms with van der Waals surface area (Å²) in [6, 6.07) is 13.6. The van der Waals surface area contributed by atoms with Crippen LogP contribution in [0.4, 0.5) is 10.1 Å². The van der Waals surface area contributed by atoms with E-state index in [0.29, 0.717) is 23.7 Å². The van der Waals surface area contributed by atoms with E-state index in [2.05, 4.69) is 17.3 Å². The Morgan fingerprint density at radius 3 is 2.44 bits per heavy atom. The van der Waals surface area contributed by atoms with E-state index in [1.807, 2.05) is 31.2 Å². The van der Waals surface area contributed by atoms with Crippen molar-refractivity contribution in [3.63, 3.8) is 0 Å². The Bertz CT molecular complexity index is 902. The van der Waals surface area contributed by atoms with Crippen molar-refractivity contribution in [3.8, 4) is 11.4 Å². The lowest BCUT2D eigenvalue weighted by Crippen LogP contribution is -2.14. The summed E-state index contributed by atoms with van der Waals surface area (Å²) in [4.78, 5) is 12.7. The average Bonchev–Trinajstić information content (AvgIpc) is 3.12. The Morgan fingerprint density at radius 2 is 1.81 bits per heavy atom. The lowest BCUT2D eigenvalue weighted by Gasteiger charge is -2.06. The summed E-state index contributed by atoms with van der Waals surface area (Å²) in [5.41, 5.74) is 2.71. The highest BCUT2D eigenvalue weighted by Gasteiger charge is 2.19. The number of carbonyl (C=O) groups is 1. The molecule has 0 unspecified atom stereocenters. The molecule has 1 aromatic heterocycles. The van der Waals surface area contributed by atoms with Crippen LogP contribution >= 0.6 is 0 Å². The number of ether oxygens (including phenoxy) is 1. The predicted molar refractivity (Wildman–Crippen MR) is 103 cm³/mol. The Morgan fingerprint density at radius 1 is 1.11 bits per heavy atom. The number of aryl methyl sites for hydroxylation is 1. The normalized spacial score (nSPS) is 10.6. The first kappa shape index (κ1) is 18.6. The van der Waals surface area contributed by atoms with E-state index >= 15 is 0 Å². The van der Waals surface area contributed by atoms with Crippen LogP contribution in [0.3, 0.4) is 0 Å². The fraction of sp³-hybridized carbons (Fsp3) is 0.238.